The van der Waals surface area contributed by atoms with Gasteiger partial charge >= 0.3 is 11.9 Å². The van der Waals surface area contributed by atoms with Crippen LogP contribution in [0.3, 0.4) is 0 Å². The van der Waals surface area contributed by atoms with Crippen molar-refractivity contribution in [2.24, 2.45) is 0 Å². The molecule has 0 heterocycles. The molecule has 16 heteroatoms. The fourth-order valence-electron chi connectivity index (χ4n) is 4.76. The Bertz CT molecular complexity index is 1900. The topological polar surface area (TPSA) is 216 Å². The van der Waals surface area contributed by atoms with Crippen molar-refractivity contribution < 1.29 is 38.5 Å². The summed E-state index contributed by atoms with van der Waals surface area (Å²) in [6.07, 6.45) is 0. The smallest absolute Gasteiger partial charge is 0.292 e. The number of nitriles is 4. The molecule has 2 aromatic carbocycles. The van der Waals surface area contributed by atoms with Crippen molar-refractivity contribution in [1.82, 2.24) is 0 Å². The van der Waals surface area contributed by atoms with E-state index in [2.05, 4.69) is 0 Å². The number of nitrogens with zero attached hydrogens (tertiary/aromatic N) is 4. The first kappa shape index (κ1) is 33.6. The van der Waals surface area contributed by atoms with Gasteiger partial charge in [0.1, 0.15) is 57.3 Å². The zero-order valence-electron chi connectivity index (χ0n) is 22.3. The third-order valence-corrected chi connectivity index (χ3v) is 9.45. The predicted octanol–water partition coefficient (Wildman–Crippen LogP) is 3.69. The van der Waals surface area contributed by atoms with Crippen molar-refractivity contribution in [2.45, 2.75) is 20.5 Å². The number of halogens is 4. The molecule has 2 aliphatic rings. The molecule has 0 saturated carbocycles. The number of Topliss-reactive ketones (excluding diaryl/α,β-unsaturated/α-hetero) is 4. The molecule has 4 rings (SSSR count). The van der Waals surface area contributed by atoms with Gasteiger partial charge in [0, 0.05) is 0 Å². The number of carbonyl (C=O) groups excluding carboxylic acids is 6. The molecule has 0 aliphatic heterocycles. The standard InChI is InChI=1S/C30H10Cl4N4O8/c31-23-21(39)15(9-35)17(11-37)25(41)29(23,33)19-7-3-1-5-13(19)27(43)45-46-28(44)14-6-2-4-8-20(14)30(34)24(32)22(40)16(10-36)18(12-38)26(30)42/h1-8,23-24H. The second kappa shape index (κ2) is 12.6. The Morgan fingerprint density at radius 2 is 0.891 bits per heavy atom. The highest BCUT2D eigenvalue weighted by atomic mass is 35.5. The van der Waals surface area contributed by atoms with Gasteiger partial charge in [-0.2, -0.15) is 21.0 Å². The normalized spacial score (nSPS) is 24.3. The van der Waals surface area contributed by atoms with Crippen molar-refractivity contribution in [3.63, 3.8) is 0 Å². The molecule has 2 aromatic rings. The lowest BCUT2D eigenvalue weighted by Crippen LogP contribution is -2.49. The van der Waals surface area contributed by atoms with Crippen LogP contribution in [0, 0.1) is 45.3 Å². The minimum absolute atomic E-state index is 0.429. The van der Waals surface area contributed by atoms with Crippen LogP contribution in [-0.4, -0.2) is 45.8 Å². The van der Waals surface area contributed by atoms with Gasteiger partial charge in [0.25, 0.3) is 0 Å². The number of hydrogen-bond acceptors (Lipinski definition) is 12. The van der Waals surface area contributed by atoms with Gasteiger partial charge in [-0.1, -0.05) is 36.4 Å². The van der Waals surface area contributed by atoms with Crippen LogP contribution < -0.4 is 0 Å². The quantitative estimate of drug-likeness (QED) is 0.254. The molecule has 46 heavy (non-hydrogen) atoms. The number of alkyl halides is 4. The van der Waals surface area contributed by atoms with E-state index in [4.69, 9.17) is 56.2 Å². The summed E-state index contributed by atoms with van der Waals surface area (Å²) >= 11 is 25.5. The van der Waals surface area contributed by atoms with Crippen LogP contribution in [0.15, 0.2) is 70.8 Å². The van der Waals surface area contributed by atoms with E-state index in [1.54, 1.807) is 0 Å². The number of carbonyl (C=O) groups is 6. The van der Waals surface area contributed by atoms with Crippen molar-refractivity contribution in [3.8, 4) is 24.3 Å². The monoisotopic (exact) mass is 694 g/mol. The van der Waals surface area contributed by atoms with Crippen molar-refractivity contribution >= 4 is 81.5 Å². The van der Waals surface area contributed by atoms with E-state index in [0.29, 0.717) is 0 Å². The van der Waals surface area contributed by atoms with Crippen LogP contribution >= 0.6 is 46.4 Å². The number of hydrogen-bond donors (Lipinski definition) is 0. The Kier molecular flexibility index (Phi) is 9.17. The molecule has 2 aliphatic carbocycles. The van der Waals surface area contributed by atoms with Gasteiger partial charge in [0.2, 0.25) is 11.6 Å². The van der Waals surface area contributed by atoms with Gasteiger partial charge in [-0.25, -0.2) is 19.4 Å². The Hall–Kier alpha value is -5.34. The first-order chi connectivity index (χ1) is 21.8. The van der Waals surface area contributed by atoms with E-state index in [0.717, 1.165) is 24.3 Å². The van der Waals surface area contributed by atoms with Crippen LogP contribution in [0.2, 0.25) is 0 Å². The molecule has 0 saturated heterocycles. The lowest BCUT2D eigenvalue weighted by atomic mass is 9.76. The summed E-state index contributed by atoms with van der Waals surface area (Å²) in [5.74, 6) is -7.71. The van der Waals surface area contributed by atoms with Crippen LogP contribution in [-0.2, 0) is 38.7 Å². The van der Waals surface area contributed by atoms with E-state index in [9.17, 15) is 49.8 Å². The summed E-state index contributed by atoms with van der Waals surface area (Å²) in [6.45, 7) is 0. The van der Waals surface area contributed by atoms with Gasteiger partial charge in [-0.05, 0) is 23.3 Å². The maximum atomic E-state index is 13.3. The third-order valence-electron chi connectivity index (χ3n) is 6.98. The maximum Gasteiger partial charge on any atom is 0.386 e. The van der Waals surface area contributed by atoms with Gasteiger partial charge in [-0.15, -0.1) is 46.4 Å². The number of benzene rings is 2. The second-order valence-corrected chi connectivity index (χ2v) is 11.4. The Labute approximate surface area is 278 Å². The van der Waals surface area contributed by atoms with Gasteiger partial charge < -0.3 is 0 Å². The van der Waals surface area contributed by atoms with Crippen LogP contribution in [0.5, 0.6) is 0 Å². The molecule has 0 aromatic heterocycles. The van der Waals surface area contributed by atoms with Crippen LogP contribution in [0.4, 0.5) is 0 Å². The molecule has 0 radical (unpaired) electrons. The van der Waals surface area contributed by atoms with E-state index in [-0.39, 0.29) is 0 Å². The van der Waals surface area contributed by atoms with Crippen molar-refractivity contribution in [1.29, 1.82) is 21.0 Å². The average Bonchev–Trinajstić information content (AvgIpc) is 3.07. The molecular weight excluding hydrogens is 686 g/mol. The highest BCUT2D eigenvalue weighted by Gasteiger charge is 2.57. The summed E-state index contributed by atoms with van der Waals surface area (Å²) in [7, 11) is 0. The largest absolute Gasteiger partial charge is 0.386 e. The molecule has 4 atom stereocenters. The molecule has 0 amide bonds. The highest BCUT2D eigenvalue weighted by molar-refractivity contribution is 6.53. The predicted molar refractivity (Wildman–Crippen MR) is 155 cm³/mol. The van der Waals surface area contributed by atoms with Crippen LogP contribution in [0.25, 0.3) is 0 Å². The molecule has 0 spiro atoms. The Morgan fingerprint density at radius 3 is 1.20 bits per heavy atom. The summed E-state index contributed by atoms with van der Waals surface area (Å²) in [6, 6.07) is 15.4. The first-order valence-electron chi connectivity index (χ1n) is 12.3. The molecule has 226 valence electrons. The molecule has 0 bridgehead atoms. The zero-order valence-corrected chi connectivity index (χ0v) is 25.4. The fraction of sp³-hybridized carbons (Fsp3) is 0.133. The average molecular weight is 696 g/mol. The first-order valence-corrected chi connectivity index (χ1v) is 13.9. The lowest BCUT2D eigenvalue weighted by Gasteiger charge is -2.34. The van der Waals surface area contributed by atoms with E-state index >= 15 is 0 Å². The van der Waals surface area contributed by atoms with Crippen LogP contribution in [0.1, 0.15) is 31.8 Å². The van der Waals surface area contributed by atoms with Crippen molar-refractivity contribution in [2.75, 3.05) is 0 Å². The third kappa shape index (κ3) is 4.91. The molecule has 4 unspecified atom stereocenters. The Morgan fingerprint density at radius 1 is 0.587 bits per heavy atom. The fourth-order valence-corrected chi connectivity index (χ4v) is 6.13. The summed E-state index contributed by atoms with van der Waals surface area (Å²) in [5, 5.41) is 33.5. The number of ketones is 4. The number of rotatable bonds is 4. The second-order valence-electron chi connectivity index (χ2n) is 9.32. The molecule has 0 N–H and O–H groups in total. The SMILES string of the molecule is N#CC1=C(C#N)C(=O)C(Cl)(c2ccccc2C(=O)OOC(=O)c2ccccc2C2(Cl)C(=O)C(C#N)=C(C#N)C(=O)C2Cl)C(Cl)C1=O. The van der Waals surface area contributed by atoms with Gasteiger partial charge in [0.15, 0.2) is 21.3 Å². The zero-order chi connectivity index (χ0) is 34.1. The summed E-state index contributed by atoms with van der Waals surface area (Å²) in [5.41, 5.74) is -5.34. The summed E-state index contributed by atoms with van der Waals surface area (Å²) < 4.78 is 0. The molecule has 0 fully saturated rings. The van der Waals surface area contributed by atoms with Gasteiger partial charge in [-0.3, -0.25) is 19.2 Å². The van der Waals surface area contributed by atoms with Crippen molar-refractivity contribution in [3.05, 3.63) is 93.1 Å². The maximum absolute atomic E-state index is 13.3. The van der Waals surface area contributed by atoms with E-state index < -0.39 is 100 Å². The van der Waals surface area contributed by atoms with E-state index in [1.807, 2.05) is 0 Å². The number of allylic oxidation sites excluding steroid dienone is 4. The molecule has 12 nitrogen and oxygen atoms in total. The minimum Gasteiger partial charge on any atom is -0.292 e. The minimum atomic E-state index is -2.57. The summed E-state index contributed by atoms with van der Waals surface area (Å²) in [4.78, 5) is 82.6. The lowest BCUT2D eigenvalue weighted by molar-refractivity contribution is -0.187. The molecular formula is C30H10Cl4N4O8. The van der Waals surface area contributed by atoms with E-state index in [1.165, 1.54) is 48.5 Å². The Balaban J connectivity index is 1.69. The van der Waals surface area contributed by atoms with Gasteiger partial charge in [0.05, 0.1) is 11.1 Å². The highest BCUT2D eigenvalue weighted by Crippen LogP contribution is 2.47.